The van der Waals surface area contributed by atoms with Gasteiger partial charge in [0.05, 0.1) is 6.61 Å². The van der Waals surface area contributed by atoms with Crippen molar-refractivity contribution in [3.05, 3.63) is 53.8 Å². The van der Waals surface area contributed by atoms with Crippen LogP contribution in [0.25, 0.3) is 11.1 Å². The summed E-state index contributed by atoms with van der Waals surface area (Å²) in [6.45, 7) is 3.70. The Bertz CT molecular complexity index is 748. The number of methoxy groups -OCH3 is 1. The van der Waals surface area contributed by atoms with Crippen molar-refractivity contribution in [2.75, 3.05) is 20.3 Å². The lowest BCUT2D eigenvalue weighted by atomic mass is 9.77. The molecule has 30 heavy (non-hydrogen) atoms. The normalized spacial score (nSPS) is 19.0. The highest BCUT2D eigenvalue weighted by molar-refractivity contribution is 5.65. The van der Waals surface area contributed by atoms with Crippen molar-refractivity contribution in [1.29, 1.82) is 0 Å². The maximum atomic E-state index is 14.9. The fourth-order valence-corrected chi connectivity index (χ4v) is 4.57. The number of hydrogen-bond donors (Lipinski definition) is 0. The van der Waals surface area contributed by atoms with Gasteiger partial charge in [-0.25, -0.2) is 4.39 Å². The first kappa shape index (κ1) is 22.8. The zero-order valence-electron chi connectivity index (χ0n) is 18.7. The van der Waals surface area contributed by atoms with Crippen LogP contribution in [0.4, 0.5) is 4.39 Å². The molecule has 0 saturated heterocycles. The number of benzene rings is 2. The van der Waals surface area contributed by atoms with Crippen LogP contribution in [0.1, 0.15) is 76.2 Å². The molecule has 0 N–H and O–H groups in total. The van der Waals surface area contributed by atoms with E-state index < -0.39 is 0 Å². The van der Waals surface area contributed by atoms with E-state index in [1.54, 1.807) is 13.2 Å². The van der Waals surface area contributed by atoms with Crippen LogP contribution in [0.3, 0.4) is 0 Å². The van der Waals surface area contributed by atoms with E-state index in [2.05, 4.69) is 13.0 Å². The van der Waals surface area contributed by atoms with Gasteiger partial charge in [0.2, 0.25) is 0 Å². The van der Waals surface area contributed by atoms with Crippen molar-refractivity contribution >= 4 is 0 Å². The molecule has 0 aliphatic heterocycles. The second kappa shape index (κ2) is 12.1. The molecule has 1 aliphatic rings. The Morgan fingerprint density at radius 1 is 0.900 bits per heavy atom. The van der Waals surface area contributed by atoms with Crippen LogP contribution < -0.4 is 4.74 Å². The summed E-state index contributed by atoms with van der Waals surface area (Å²) in [6, 6.07) is 13.6. The first-order chi connectivity index (χ1) is 14.7. The Morgan fingerprint density at radius 2 is 1.63 bits per heavy atom. The molecule has 164 valence electrons. The molecule has 2 aromatic rings. The average molecular weight is 413 g/mol. The first-order valence-corrected chi connectivity index (χ1v) is 11.7. The third-order valence-electron chi connectivity index (χ3n) is 6.45. The Morgan fingerprint density at radius 3 is 2.30 bits per heavy atom. The lowest BCUT2D eigenvalue weighted by Crippen LogP contribution is -2.13. The molecule has 0 atom stereocenters. The van der Waals surface area contributed by atoms with E-state index in [9.17, 15) is 4.39 Å². The molecule has 0 unspecified atom stereocenters. The van der Waals surface area contributed by atoms with Crippen LogP contribution in [-0.2, 0) is 4.74 Å². The minimum absolute atomic E-state index is 0.117. The van der Waals surface area contributed by atoms with Crippen molar-refractivity contribution in [2.24, 2.45) is 5.92 Å². The van der Waals surface area contributed by atoms with Crippen molar-refractivity contribution in [3.8, 4) is 16.9 Å². The van der Waals surface area contributed by atoms with Crippen molar-refractivity contribution in [2.45, 2.75) is 70.6 Å². The summed E-state index contributed by atoms with van der Waals surface area (Å²) in [5, 5.41) is 0. The number of hydrogen-bond acceptors (Lipinski definition) is 2. The number of ether oxygens (including phenoxy) is 2. The molecule has 0 heterocycles. The number of rotatable bonds is 11. The summed E-state index contributed by atoms with van der Waals surface area (Å²) in [5.41, 5.74) is 2.73. The Labute approximate surface area is 181 Å². The van der Waals surface area contributed by atoms with Gasteiger partial charge in [0, 0.05) is 19.3 Å². The monoisotopic (exact) mass is 412 g/mol. The quantitative estimate of drug-likeness (QED) is 0.351. The van der Waals surface area contributed by atoms with Crippen LogP contribution in [0, 0.1) is 11.7 Å². The SMILES string of the molecule is CCCCC1CCC(c2ccc(-c3ccc(OCCCCOC)cc3)c(F)c2)CC1. The van der Waals surface area contributed by atoms with Gasteiger partial charge in [0.15, 0.2) is 0 Å². The zero-order valence-corrected chi connectivity index (χ0v) is 18.7. The van der Waals surface area contributed by atoms with E-state index in [1.165, 1.54) is 50.5 Å². The zero-order chi connectivity index (χ0) is 21.2. The summed E-state index contributed by atoms with van der Waals surface area (Å²) in [6.07, 6.45) is 10.9. The third kappa shape index (κ3) is 6.57. The molecular formula is C27H37FO2. The van der Waals surface area contributed by atoms with Crippen LogP contribution >= 0.6 is 0 Å². The fourth-order valence-electron chi connectivity index (χ4n) is 4.57. The van der Waals surface area contributed by atoms with Crippen molar-refractivity contribution < 1.29 is 13.9 Å². The Balaban J connectivity index is 1.55. The van der Waals surface area contributed by atoms with E-state index in [1.807, 2.05) is 30.3 Å². The predicted octanol–water partition coefficient (Wildman–Crippen LogP) is 7.76. The number of halogens is 1. The van der Waals surface area contributed by atoms with Gasteiger partial charge in [-0.3, -0.25) is 0 Å². The minimum Gasteiger partial charge on any atom is -0.494 e. The molecular weight excluding hydrogens is 375 g/mol. The van der Waals surface area contributed by atoms with Crippen LogP contribution in [0.15, 0.2) is 42.5 Å². The smallest absolute Gasteiger partial charge is 0.131 e. The van der Waals surface area contributed by atoms with E-state index in [-0.39, 0.29) is 5.82 Å². The first-order valence-electron chi connectivity index (χ1n) is 11.7. The van der Waals surface area contributed by atoms with Crippen molar-refractivity contribution in [1.82, 2.24) is 0 Å². The Kier molecular flexibility index (Phi) is 9.20. The van der Waals surface area contributed by atoms with E-state index in [4.69, 9.17) is 9.47 Å². The minimum atomic E-state index is -0.117. The van der Waals surface area contributed by atoms with E-state index >= 15 is 0 Å². The van der Waals surface area contributed by atoms with Gasteiger partial charge >= 0.3 is 0 Å². The summed E-state index contributed by atoms with van der Waals surface area (Å²) in [5.74, 6) is 2.10. The van der Waals surface area contributed by atoms with Gasteiger partial charge in [-0.1, -0.05) is 50.5 Å². The molecule has 0 amide bonds. The maximum absolute atomic E-state index is 14.9. The number of unbranched alkanes of at least 4 members (excludes halogenated alkanes) is 2. The highest BCUT2D eigenvalue weighted by Gasteiger charge is 2.22. The van der Waals surface area contributed by atoms with E-state index in [0.29, 0.717) is 18.1 Å². The lowest BCUT2D eigenvalue weighted by Gasteiger charge is -2.29. The molecule has 3 rings (SSSR count). The largest absolute Gasteiger partial charge is 0.494 e. The molecule has 0 spiro atoms. The Hall–Kier alpha value is -1.87. The van der Waals surface area contributed by atoms with Gasteiger partial charge in [-0.05, 0) is 79.7 Å². The summed E-state index contributed by atoms with van der Waals surface area (Å²) < 4.78 is 25.7. The predicted molar refractivity (Wildman–Crippen MR) is 123 cm³/mol. The van der Waals surface area contributed by atoms with Crippen LogP contribution in [0.2, 0.25) is 0 Å². The third-order valence-corrected chi connectivity index (χ3v) is 6.45. The molecule has 3 heteroatoms. The molecule has 0 bridgehead atoms. The molecule has 0 aromatic heterocycles. The molecule has 0 radical (unpaired) electrons. The standard InChI is InChI=1S/C27H37FO2/c1-3-4-7-21-8-10-22(11-9-21)24-14-17-26(27(28)20-24)23-12-15-25(16-13-23)30-19-6-5-18-29-2/h12-17,20-22H,3-11,18-19H2,1-2H3. The van der Waals surface area contributed by atoms with Crippen molar-refractivity contribution in [3.63, 3.8) is 0 Å². The van der Waals surface area contributed by atoms with Gasteiger partial charge in [-0.15, -0.1) is 0 Å². The molecule has 1 saturated carbocycles. The highest BCUT2D eigenvalue weighted by atomic mass is 19.1. The maximum Gasteiger partial charge on any atom is 0.131 e. The molecule has 2 nitrogen and oxygen atoms in total. The van der Waals surface area contributed by atoms with E-state index in [0.717, 1.165) is 36.7 Å². The van der Waals surface area contributed by atoms with Gasteiger partial charge < -0.3 is 9.47 Å². The highest BCUT2D eigenvalue weighted by Crippen LogP contribution is 2.38. The molecule has 2 aromatic carbocycles. The second-order valence-corrected chi connectivity index (χ2v) is 8.67. The fraction of sp³-hybridized carbons (Fsp3) is 0.556. The van der Waals surface area contributed by atoms with Gasteiger partial charge in [0.1, 0.15) is 11.6 Å². The topological polar surface area (TPSA) is 18.5 Å². The molecule has 1 fully saturated rings. The van der Waals surface area contributed by atoms with Crippen LogP contribution in [-0.4, -0.2) is 20.3 Å². The lowest BCUT2D eigenvalue weighted by molar-refractivity contribution is 0.184. The summed E-state index contributed by atoms with van der Waals surface area (Å²) in [7, 11) is 1.71. The second-order valence-electron chi connectivity index (χ2n) is 8.67. The average Bonchev–Trinajstić information content (AvgIpc) is 2.78. The summed E-state index contributed by atoms with van der Waals surface area (Å²) >= 11 is 0. The summed E-state index contributed by atoms with van der Waals surface area (Å²) in [4.78, 5) is 0. The van der Waals surface area contributed by atoms with Gasteiger partial charge in [0.25, 0.3) is 0 Å². The van der Waals surface area contributed by atoms with Gasteiger partial charge in [-0.2, -0.15) is 0 Å². The molecule has 1 aliphatic carbocycles. The van der Waals surface area contributed by atoms with Crippen LogP contribution in [0.5, 0.6) is 5.75 Å².